The van der Waals surface area contributed by atoms with E-state index in [1.54, 1.807) is 6.92 Å². The number of isocyanates is 1. The van der Waals surface area contributed by atoms with Crippen molar-refractivity contribution in [2.75, 3.05) is 0 Å². The van der Waals surface area contributed by atoms with E-state index in [9.17, 15) is 14.4 Å². The van der Waals surface area contributed by atoms with Crippen LogP contribution in [0.25, 0.3) is 0 Å². The minimum atomic E-state index is -1.05. The lowest BCUT2D eigenvalue weighted by Gasteiger charge is -1.96. The summed E-state index contributed by atoms with van der Waals surface area (Å²) in [5.74, 6) is -0.888. The van der Waals surface area contributed by atoms with Gasteiger partial charge in [0.25, 0.3) is 0 Å². The average Bonchev–Trinajstić information content (AvgIpc) is 2.12. The molecule has 84 valence electrons. The fraction of sp³-hybridized carbons (Fsp3) is 0.500. The van der Waals surface area contributed by atoms with Crippen LogP contribution in [-0.2, 0) is 14.4 Å². The predicted molar refractivity (Wildman–Crippen MR) is 55.1 cm³/mol. The van der Waals surface area contributed by atoms with Crippen molar-refractivity contribution in [3.63, 3.8) is 0 Å². The van der Waals surface area contributed by atoms with E-state index in [0.29, 0.717) is 6.42 Å². The highest BCUT2D eigenvalue weighted by Crippen LogP contribution is 2.08. The number of carbonyl (C=O) groups excluding carboxylic acids is 2. The molecule has 0 aliphatic heterocycles. The summed E-state index contributed by atoms with van der Waals surface area (Å²) >= 11 is 0. The van der Waals surface area contributed by atoms with Gasteiger partial charge in [-0.15, -0.1) is 0 Å². The van der Waals surface area contributed by atoms with Crippen LogP contribution in [0.4, 0.5) is 0 Å². The van der Waals surface area contributed by atoms with Crippen molar-refractivity contribution in [2.45, 2.75) is 34.1 Å². The molecule has 0 radical (unpaired) electrons. The van der Waals surface area contributed by atoms with E-state index in [1.807, 2.05) is 0 Å². The molecule has 0 spiro atoms. The first-order valence-electron chi connectivity index (χ1n) is 4.34. The number of aliphatic carboxylic acids is 1. The summed E-state index contributed by atoms with van der Waals surface area (Å²) in [5.41, 5.74) is 0.364. The van der Waals surface area contributed by atoms with Crippen molar-refractivity contribution >= 4 is 17.8 Å². The van der Waals surface area contributed by atoms with E-state index >= 15 is 0 Å². The quantitative estimate of drug-likeness (QED) is 0.439. The molecule has 5 nitrogen and oxygen atoms in total. The third-order valence-corrected chi connectivity index (χ3v) is 1.27. The Hall–Kier alpha value is -1.74. The van der Waals surface area contributed by atoms with Crippen LogP contribution in [0, 0.1) is 0 Å². The number of rotatable bonds is 3. The molecule has 0 unspecified atom stereocenters. The molecule has 5 heteroatoms. The predicted octanol–water partition coefficient (Wildman–Crippen LogP) is 1.69. The third-order valence-electron chi connectivity index (χ3n) is 1.27. The average molecular weight is 213 g/mol. The zero-order valence-electron chi connectivity index (χ0n) is 9.33. The van der Waals surface area contributed by atoms with Crippen LogP contribution < -0.4 is 0 Å². The Morgan fingerprint density at radius 2 is 1.67 bits per heavy atom. The highest BCUT2D eigenvalue weighted by molar-refractivity contribution is 5.86. The molecule has 0 aliphatic carbocycles. The molecule has 0 aromatic rings. The molecule has 0 saturated heterocycles. The third kappa shape index (κ3) is 10.2. The highest BCUT2D eigenvalue weighted by atomic mass is 16.4. The maximum absolute atomic E-state index is 10.3. The number of hydrogen-bond donors (Lipinski definition) is 1. The zero-order valence-corrected chi connectivity index (χ0v) is 9.33. The van der Waals surface area contributed by atoms with Crippen molar-refractivity contribution < 1.29 is 19.5 Å². The summed E-state index contributed by atoms with van der Waals surface area (Å²) < 4.78 is 0. The van der Waals surface area contributed by atoms with Crippen LogP contribution in [0.5, 0.6) is 0 Å². The maximum Gasteiger partial charge on any atom is 0.333 e. The molecule has 0 aromatic heterocycles. The molecule has 15 heavy (non-hydrogen) atoms. The molecular weight excluding hydrogens is 198 g/mol. The first kappa shape index (κ1) is 15.7. The number of hydrogen-bond acceptors (Lipinski definition) is 4. The molecule has 0 bridgehead atoms. The van der Waals surface area contributed by atoms with Crippen LogP contribution in [0.3, 0.4) is 0 Å². The second-order valence-electron chi connectivity index (χ2n) is 2.84. The van der Waals surface area contributed by atoms with E-state index in [2.05, 4.69) is 4.99 Å². The number of carboxylic acids is 1. The minimum Gasteiger partial charge on any atom is -0.478 e. The van der Waals surface area contributed by atoms with Crippen LogP contribution in [0.1, 0.15) is 34.1 Å². The van der Waals surface area contributed by atoms with Crippen LogP contribution in [0.15, 0.2) is 16.3 Å². The van der Waals surface area contributed by atoms with Crippen LogP contribution in [-0.4, -0.2) is 22.9 Å². The number of nitrogens with zero attached hydrogens (tertiary/aromatic N) is 1. The number of carboxylic acid groups (broad SMARTS) is 1. The summed E-state index contributed by atoms with van der Waals surface area (Å²) in [6.45, 7) is 6.19. The van der Waals surface area contributed by atoms with Crippen molar-refractivity contribution in [1.29, 1.82) is 0 Å². The van der Waals surface area contributed by atoms with Crippen molar-refractivity contribution in [3.8, 4) is 0 Å². The maximum atomic E-state index is 10.3. The molecule has 0 saturated carbocycles. The number of aliphatic imine (C=N–C) groups is 1. The summed E-state index contributed by atoms with van der Waals surface area (Å²) in [6, 6.07) is 0. The number of carbonyl (C=O) groups is 2. The molecule has 1 N–H and O–H groups in total. The number of ketones is 1. The summed E-state index contributed by atoms with van der Waals surface area (Å²) in [6.07, 6.45) is 1.73. The Kier molecular flexibility index (Phi) is 9.26. The molecule has 0 aliphatic rings. The Labute approximate surface area is 88.5 Å². The smallest absolute Gasteiger partial charge is 0.333 e. The Bertz CT molecular complexity index is 307. The van der Waals surface area contributed by atoms with E-state index < -0.39 is 5.97 Å². The highest BCUT2D eigenvalue weighted by Gasteiger charge is 2.05. The minimum absolute atomic E-state index is 0.0934. The van der Waals surface area contributed by atoms with E-state index in [-0.39, 0.29) is 17.1 Å². The lowest BCUT2D eigenvalue weighted by Crippen LogP contribution is -1.99. The normalized spacial score (nSPS) is 10.1. The SMILES string of the molecule is CC(C)=O.CC/C(N=C=O)=C(/C)C(=O)O. The first-order valence-corrected chi connectivity index (χ1v) is 4.34. The van der Waals surface area contributed by atoms with Gasteiger partial charge in [0.05, 0.1) is 11.3 Å². The molecular formula is C10H15NO4. The topological polar surface area (TPSA) is 83.8 Å². The first-order chi connectivity index (χ1) is 6.86. The Morgan fingerprint density at radius 1 is 1.27 bits per heavy atom. The van der Waals surface area contributed by atoms with Gasteiger partial charge in [-0.1, -0.05) is 6.92 Å². The van der Waals surface area contributed by atoms with Gasteiger partial charge in [0, 0.05) is 0 Å². The fourth-order valence-corrected chi connectivity index (χ4v) is 0.607. The summed E-state index contributed by atoms with van der Waals surface area (Å²) in [5, 5.41) is 8.46. The fourth-order valence-electron chi connectivity index (χ4n) is 0.607. The van der Waals surface area contributed by atoms with Gasteiger partial charge in [0.15, 0.2) is 0 Å². The summed E-state index contributed by atoms with van der Waals surface area (Å²) in [7, 11) is 0. The Balaban J connectivity index is 0. The lowest BCUT2D eigenvalue weighted by molar-refractivity contribution is -0.132. The zero-order chi connectivity index (χ0) is 12.4. The largest absolute Gasteiger partial charge is 0.478 e. The standard InChI is InChI=1S/C7H9NO3.C3H6O/c1-3-6(8-4-9)5(2)7(10)11;1-3(2)4/h3H2,1-2H3,(H,10,11);1-2H3/b6-5+;. The van der Waals surface area contributed by atoms with Gasteiger partial charge in [-0.05, 0) is 27.2 Å². The number of Topliss-reactive ketones (excluding diaryl/α,β-unsaturated/α-hetero) is 1. The second-order valence-corrected chi connectivity index (χ2v) is 2.84. The van der Waals surface area contributed by atoms with Gasteiger partial charge in [0.2, 0.25) is 6.08 Å². The van der Waals surface area contributed by atoms with Gasteiger partial charge in [-0.2, -0.15) is 4.99 Å². The molecule has 0 fully saturated rings. The van der Waals surface area contributed by atoms with E-state index in [1.165, 1.54) is 26.9 Å². The Morgan fingerprint density at radius 3 is 1.87 bits per heavy atom. The van der Waals surface area contributed by atoms with Gasteiger partial charge >= 0.3 is 5.97 Å². The van der Waals surface area contributed by atoms with Crippen molar-refractivity contribution in [2.24, 2.45) is 4.99 Å². The molecule has 0 aromatic carbocycles. The van der Waals surface area contributed by atoms with Crippen molar-refractivity contribution in [1.82, 2.24) is 0 Å². The van der Waals surface area contributed by atoms with E-state index in [0.717, 1.165) is 0 Å². The molecule has 0 amide bonds. The molecule has 0 heterocycles. The lowest BCUT2D eigenvalue weighted by atomic mass is 10.2. The van der Waals surface area contributed by atoms with Gasteiger partial charge in [-0.3, -0.25) is 0 Å². The molecule has 0 rings (SSSR count). The van der Waals surface area contributed by atoms with Gasteiger partial charge in [0.1, 0.15) is 5.78 Å². The second kappa shape index (κ2) is 8.84. The van der Waals surface area contributed by atoms with Gasteiger partial charge in [-0.25, -0.2) is 9.59 Å². The summed E-state index contributed by atoms with van der Waals surface area (Å²) in [4.78, 5) is 32.8. The van der Waals surface area contributed by atoms with Crippen LogP contribution >= 0.6 is 0 Å². The number of allylic oxidation sites excluding steroid dienone is 1. The monoisotopic (exact) mass is 213 g/mol. The molecule has 0 atom stereocenters. The van der Waals surface area contributed by atoms with E-state index in [4.69, 9.17) is 5.11 Å². The van der Waals surface area contributed by atoms with Crippen molar-refractivity contribution in [3.05, 3.63) is 11.3 Å². The van der Waals surface area contributed by atoms with Gasteiger partial charge < -0.3 is 9.90 Å². The van der Waals surface area contributed by atoms with Crippen LogP contribution in [0.2, 0.25) is 0 Å².